The van der Waals surface area contributed by atoms with Crippen LogP contribution in [0.1, 0.15) is 34.1 Å². The van der Waals surface area contributed by atoms with Gasteiger partial charge in [-0.1, -0.05) is 39.5 Å². The molecule has 0 aliphatic rings. The van der Waals surface area contributed by atoms with Crippen LogP contribution in [-0.4, -0.2) is 13.1 Å². The molecular formula is C11H24OSSi. The molecule has 0 radical (unpaired) electrons. The largest absolute Gasteiger partial charge is 0.540 e. The van der Waals surface area contributed by atoms with E-state index in [4.69, 9.17) is 4.43 Å². The monoisotopic (exact) mass is 232 g/mol. The maximum Gasteiger partial charge on any atom is 0.242 e. The second-order valence-corrected chi connectivity index (χ2v) is 11.6. The van der Waals surface area contributed by atoms with Crippen LogP contribution in [0.2, 0.25) is 19.6 Å². The van der Waals surface area contributed by atoms with Crippen molar-refractivity contribution in [3.05, 3.63) is 11.2 Å². The molecule has 0 bridgehead atoms. The van der Waals surface area contributed by atoms with E-state index in [0.29, 0.717) is 0 Å². The Morgan fingerprint density at radius 3 is 2.07 bits per heavy atom. The highest BCUT2D eigenvalue weighted by molar-refractivity contribution is 8.04. The molecule has 0 N–H and O–H groups in total. The van der Waals surface area contributed by atoms with E-state index in [0.717, 1.165) is 11.5 Å². The Kier molecular flexibility index (Phi) is 5.30. The lowest BCUT2D eigenvalue weighted by atomic mass is 10.3. The van der Waals surface area contributed by atoms with Crippen LogP contribution in [0.15, 0.2) is 11.2 Å². The third-order valence-electron chi connectivity index (χ3n) is 1.18. The lowest BCUT2D eigenvalue weighted by molar-refractivity contribution is 0.459. The van der Waals surface area contributed by atoms with Crippen LogP contribution in [0.4, 0.5) is 0 Å². The van der Waals surface area contributed by atoms with E-state index in [-0.39, 0.29) is 4.75 Å². The first-order valence-corrected chi connectivity index (χ1v) is 9.45. The number of hydrogen-bond acceptors (Lipinski definition) is 2. The second-order valence-electron chi connectivity index (χ2n) is 5.36. The van der Waals surface area contributed by atoms with Gasteiger partial charge in [0, 0.05) is 4.75 Å². The van der Waals surface area contributed by atoms with E-state index in [9.17, 15) is 0 Å². The number of hydrogen-bond donors (Lipinski definition) is 0. The Bertz CT molecular complexity index is 180. The molecule has 0 saturated heterocycles. The quantitative estimate of drug-likeness (QED) is 0.516. The van der Waals surface area contributed by atoms with Gasteiger partial charge in [0.05, 0.1) is 0 Å². The number of rotatable bonds is 4. The van der Waals surface area contributed by atoms with Crippen molar-refractivity contribution in [1.82, 2.24) is 0 Å². The van der Waals surface area contributed by atoms with Crippen molar-refractivity contribution in [2.75, 3.05) is 0 Å². The van der Waals surface area contributed by atoms with Crippen molar-refractivity contribution >= 4 is 20.1 Å². The van der Waals surface area contributed by atoms with Crippen LogP contribution in [0.3, 0.4) is 0 Å². The molecule has 14 heavy (non-hydrogen) atoms. The summed E-state index contributed by atoms with van der Waals surface area (Å²) >= 11 is 1.83. The molecule has 0 aliphatic heterocycles. The fourth-order valence-electron chi connectivity index (χ4n) is 0.874. The van der Waals surface area contributed by atoms with Crippen LogP contribution in [-0.2, 0) is 4.43 Å². The van der Waals surface area contributed by atoms with Crippen molar-refractivity contribution in [2.24, 2.45) is 0 Å². The third kappa shape index (κ3) is 8.69. The molecule has 0 spiro atoms. The summed E-state index contributed by atoms with van der Waals surface area (Å²) in [5.41, 5.74) is 0. The third-order valence-corrected chi connectivity index (χ3v) is 3.23. The molecular weight excluding hydrogens is 208 g/mol. The first kappa shape index (κ1) is 14.1. The normalized spacial score (nSPS) is 14.4. The molecule has 0 rings (SSSR count). The molecule has 0 fully saturated rings. The highest BCUT2D eigenvalue weighted by atomic mass is 32.2. The lowest BCUT2D eigenvalue weighted by Crippen LogP contribution is -2.25. The van der Waals surface area contributed by atoms with E-state index in [1.807, 2.05) is 11.8 Å². The average molecular weight is 232 g/mol. The Morgan fingerprint density at radius 2 is 1.79 bits per heavy atom. The second kappa shape index (κ2) is 5.26. The topological polar surface area (TPSA) is 9.23 Å². The van der Waals surface area contributed by atoms with Gasteiger partial charge in [0.15, 0.2) is 0 Å². The van der Waals surface area contributed by atoms with Crippen molar-refractivity contribution in [2.45, 2.75) is 58.5 Å². The van der Waals surface area contributed by atoms with Crippen molar-refractivity contribution < 1.29 is 4.43 Å². The minimum Gasteiger partial charge on any atom is -0.540 e. The fraction of sp³-hybridized carbons (Fsp3) is 0.818. The minimum atomic E-state index is -1.45. The molecule has 0 saturated carbocycles. The molecule has 0 aromatic carbocycles. The van der Waals surface area contributed by atoms with Crippen molar-refractivity contribution in [1.29, 1.82) is 0 Å². The predicted molar refractivity (Wildman–Crippen MR) is 70.1 cm³/mol. The zero-order valence-corrected chi connectivity index (χ0v) is 12.4. The summed E-state index contributed by atoms with van der Waals surface area (Å²) in [6, 6.07) is 0. The SMILES string of the molecule is CC/C=C(\O[Si](C)(C)C)SC(C)(C)C. The van der Waals surface area contributed by atoms with Crippen LogP contribution >= 0.6 is 11.8 Å². The van der Waals surface area contributed by atoms with Crippen LogP contribution in [0.5, 0.6) is 0 Å². The van der Waals surface area contributed by atoms with E-state index in [2.05, 4.69) is 53.4 Å². The summed E-state index contributed by atoms with van der Waals surface area (Å²) in [5, 5.41) is 1.11. The maximum atomic E-state index is 6.02. The highest BCUT2D eigenvalue weighted by Crippen LogP contribution is 2.33. The molecule has 1 nitrogen and oxygen atoms in total. The molecule has 84 valence electrons. The summed E-state index contributed by atoms with van der Waals surface area (Å²) in [5.74, 6) is 0. The smallest absolute Gasteiger partial charge is 0.242 e. The van der Waals surface area contributed by atoms with Crippen molar-refractivity contribution in [3.63, 3.8) is 0 Å². The molecule has 0 aromatic rings. The Labute approximate surface area is 94.4 Å². The number of allylic oxidation sites excluding steroid dienone is 1. The maximum absolute atomic E-state index is 6.02. The van der Waals surface area contributed by atoms with Gasteiger partial charge in [-0.2, -0.15) is 0 Å². The average Bonchev–Trinajstić information content (AvgIpc) is 1.78. The lowest BCUT2D eigenvalue weighted by Gasteiger charge is -2.26. The Balaban J connectivity index is 4.41. The Hall–Kier alpha value is 0.107. The van der Waals surface area contributed by atoms with Gasteiger partial charge in [0.1, 0.15) is 5.09 Å². The summed E-state index contributed by atoms with van der Waals surface area (Å²) < 4.78 is 6.25. The van der Waals surface area contributed by atoms with E-state index in [1.54, 1.807) is 0 Å². The first-order chi connectivity index (χ1) is 6.14. The molecule has 0 heterocycles. The summed E-state index contributed by atoms with van der Waals surface area (Å²) in [6.07, 6.45) is 3.23. The van der Waals surface area contributed by atoms with Crippen molar-refractivity contribution in [3.8, 4) is 0 Å². The molecule has 0 unspecified atom stereocenters. The summed E-state index contributed by atoms with van der Waals surface area (Å²) in [4.78, 5) is 0. The summed E-state index contributed by atoms with van der Waals surface area (Å²) in [7, 11) is -1.45. The zero-order chi connectivity index (χ0) is 11.4. The molecule has 3 heteroatoms. The van der Waals surface area contributed by atoms with Gasteiger partial charge in [-0.05, 0) is 32.1 Å². The molecule has 0 atom stereocenters. The van der Waals surface area contributed by atoms with E-state index < -0.39 is 8.32 Å². The van der Waals surface area contributed by atoms with Gasteiger partial charge in [-0.15, -0.1) is 0 Å². The predicted octanol–water partition coefficient (Wildman–Crippen LogP) is 4.62. The first-order valence-electron chi connectivity index (χ1n) is 5.22. The van der Waals surface area contributed by atoms with Crippen LogP contribution in [0.25, 0.3) is 0 Å². The van der Waals surface area contributed by atoms with Gasteiger partial charge in [-0.3, -0.25) is 0 Å². The van der Waals surface area contributed by atoms with Crippen LogP contribution in [0, 0.1) is 0 Å². The van der Waals surface area contributed by atoms with Crippen LogP contribution < -0.4 is 0 Å². The molecule has 0 aromatic heterocycles. The fourth-order valence-corrected chi connectivity index (χ4v) is 3.33. The standard InChI is InChI=1S/C11H24OSSi/c1-8-9-10(12-14(5,6)7)13-11(2,3)4/h9H,8H2,1-7H3/b10-9+. The minimum absolute atomic E-state index is 0.237. The van der Waals surface area contributed by atoms with Gasteiger partial charge >= 0.3 is 0 Å². The van der Waals surface area contributed by atoms with Gasteiger partial charge in [0.2, 0.25) is 8.32 Å². The van der Waals surface area contributed by atoms with Gasteiger partial charge in [0.25, 0.3) is 0 Å². The summed E-state index contributed by atoms with van der Waals surface area (Å²) in [6.45, 7) is 15.5. The van der Waals surface area contributed by atoms with Gasteiger partial charge in [-0.25, -0.2) is 0 Å². The van der Waals surface area contributed by atoms with E-state index >= 15 is 0 Å². The highest BCUT2D eigenvalue weighted by Gasteiger charge is 2.21. The molecule has 0 amide bonds. The zero-order valence-electron chi connectivity index (χ0n) is 10.6. The van der Waals surface area contributed by atoms with Gasteiger partial charge < -0.3 is 4.43 Å². The molecule has 0 aliphatic carbocycles. The number of thioether (sulfide) groups is 1. The van der Waals surface area contributed by atoms with E-state index in [1.165, 1.54) is 0 Å². The Morgan fingerprint density at radius 1 is 1.29 bits per heavy atom.